The third-order valence-corrected chi connectivity index (χ3v) is 4.17. The van der Waals surface area contributed by atoms with Crippen LogP contribution in [0, 0.1) is 0 Å². The van der Waals surface area contributed by atoms with Crippen LogP contribution in [0.15, 0.2) is 46.9 Å². The lowest BCUT2D eigenvalue weighted by atomic mass is 10.0. The summed E-state index contributed by atoms with van der Waals surface area (Å²) in [7, 11) is 4.14. The third kappa shape index (κ3) is 7.51. The fourth-order valence-corrected chi connectivity index (χ4v) is 2.93. The first-order valence-corrected chi connectivity index (χ1v) is 9.00. The van der Waals surface area contributed by atoms with E-state index >= 15 is 0 Å². The first-order chi connectivity index (χ1) is 11.2. The van der Waals surface area contributed by atoms with Crippen molar-refractivity contribution in [3.63, 3.8) is 0 Å². The molecule has 0 N–H and O–H groups in total. The zero-order chi connectivity index (χ0) is 16.3. The highest BCUT2D eigenvalue weighted by Gasteiger charge is 2.03. The minimum absolute atomic E-state index is 0.890. The molecule has 2 nitrogen and oxygen atoms in total. The van der Waals surface area contributed by atoms with Gasteiger partial charge >= 0.3 is 0 Å². The van der Waals surface area contributed by atoms with Crippen LogP contribution in [-0.2, 0) is 19.4 Å². The molecule has 0 unspecified atom stereocenters. The van der Waals surface area contributed by atoms with E-state index in [4.69, 9.17) is 4.42 Å². The number of aryl methyl sites for hydroxylation is 2. The number of hydrogen-bond acceptors (Lipinski definition) is 2. The van der Waals surface area contributed by atoms with Gasteiger partial charge in [-0.15, -0.1) is 0 Å². The predicted molar refractivity (Wildman–Crippen MR) is 97.7 cm³/mol. The predicted octanol–water partition coefficient (Wildman–Crippen LogP) is 5.47. The number of unbranched alkanes of at least 4 members (excludes halogenated alkanes) is 5. The summed E-state index contributed by atoms with van der Waals surface area (Å²) in [6, 6.07) is 15.1. The highest BCUT2D eigenvalue weighted by atomic mass is 16.3. The Morgan fingerprint density at radius 2 is 1.30 bits per heavy atom. The zero-order valence-corrected chi connectivity index (χ0v) is 14.8. The van der Waals surface area contributed by atoms with Gasteiger partial charge in [-0.3, -0.25) is 0 Å². The Hall–Kier alpha value is -1.54. The lowest BCUT2D eigenvalue weighted by Gasteiger charge is -2.05. The average molecular weight is 313 g/mol. The van der Waals surface area contributed by atoms with Crippen LogP contribution in [0.3, 0.4) is 0 Å². The second kappa shape index (κ2) is 10.3. The van der Waals surface area contributed by atoms with Gasteiger partial charge in [0.05, 0.1) is 6.54 Å². The lowest BCUT2D eigenvalue weighted by Crippen LogP contribution is -2.09. The number of rotatable bonds is 11. The summed E-state index contributed by atoms with van der Waals surface area (Å²) in [5.74, 6) is 2.22. The van der Waals surface area contributed by atoms with Crippen molar-refractivity contribution in [2.45, 2.75) is 57.9 Å². The normalized spacial score (nSPS) is 11.3. The van der Waals surface area contributed by atoms with E-state index in [9.17, 15) is 0 Å². The summed E-state index contributed by atoms with van der Waals surface area (Å²) in [6.07, 6.45) is 10.2. The van der Waals surface area contributed by atoms with Gasteiger partial charge in [0.1, 0.15) is 11.5 Å². The van der Waals surface area contributed by atoms with Crippen LogP contribution in [0.4, 0.5) is 0 Å². The van der Waals surface area contributed by atoms with Gasteiger partial charge in [-0.2, -0.15) is 0 Å². The Morgan fingerprint density at radius 1 is 0.696 bits per heavy atom. The number of nitrogens with zero attached hydrogens (tertiary/aromatic N) is 1. The van der Waals surface area contributed by atoms with Crippen molar-refractivity contribution in [1.29, 1.82) is 0 Å². The van der Waals surface area contributed by atoms with Crippen molar-refractivity contribution in [3.05, 3.63) is 59.5 Å². The molecule has 2 rings (SSSR count). The van der Waals surface area contributed by atoms with Gasteiger partial charge in [-0.25, -0.2) is 0 Å². The van der Waals surface area contributed by atoms with E-state index < -0.39 is 0 Å². The van der Waals surface area contributed by atoms with Gasteiger partial charge in [0, 0.05) is 6.42 Å². The number of benzene rings is 1. The van der Waals surface area contributed by atoms with Gasteiger partial charge in [-0.1, -0.05) is 56.0 Å². The molecule has 0 bridgehead atoms. The Kier molecular flexibility index (Phi) is 7.96. The molecule has 126 valence electrons. The van der Waals surface area contributed by atoms with Gasteiger partial charge in [0.25, 0.3) is 0 Å². The number of furan rings is 1. The van der Waals surface area contributed by atoms with E-state index in [-0.39, 0.29) is 0 Å². The van der Waals surface area contributed by atoms with Crippen molar-refractivity contribution >= 4 is 0 Å². The van der Waals surface area contributed by atoms with Crippen LogP contribution in [0.2, 0.25) is 0 Å². The molecule has 0 aliphatic carbocycles. The smallest absolute Gasteiger partial charge is 0.118 e. The summed E-state index contributed by atoms with van der Waals surface area (Å²) >= 11 is 0. The summed E-state index contributed by atoms with van der Waals surface area (Å²) in [4.78, 5) is 2.14. The van der Waals surface area contributed by atoms with E-state index in [2.05, 4.69) is 61.5 Å². The second-order valence-corrected chi connectivity index (χ2v) is 6.71. The second-order valence-electron chi connectivity index (χ2n) is 6.71. The molecule has 0 aliphatic heterocycles. The summed E-state index contributed by atoms with van der Waals surface area (Å²) < 4.78 is 5.85. The molecule has 0 atom stereocenters. The summed E-state index contributed by atoms with van der Waals surface area (Å²) in [6.45, 7) is 0.890. The Labute approximate surface area is 141 Å². The molecular formula is C21H31NO. The van der Waals surface area contributed by atoms with Gasteiger partial charge < -0.3 is 9.32 Å². The van der Waals surface area contributed by atoms with Crippen molar-refractivity contribution in [3.8, 4) is 0 Å². The Balaban J connectivity index is 1.47. The maximum absolute atomic E-state index is 5.85. The monoisotopic (exact) mass is 313 g/mol. The molecule has 1 heterocycles. The van der Waals surface area contributed by atoms with Crippen LogP contribution in [0.25, 0.3) is 0 Å². The van der Waals surface area contributed by atoms with E-state index in [0.29, 0.717) is 0 Å². The van der Waals surface area contributed by atoms with E-state index in [1.807, 2.05) is 0 Å². The molecule has 1 aromatic heterocycles. The van der Waals surface area contributed by atoms with Gasteiger partial charge in [0.15, 0.2) is 0 Å². The number of hydrogen-bond donors (Lipinski definition) is 0. The first kappa shape index (κ1) is 17.8. The lowest BCUT2D eigenvalue weighted by molar-refractivity contribution is 0.340. The molecule has 0 fully saturated rings. The molecule has 1 aromatic carbocycles. The van der Waals surface area contributed by atoms with Crippen LogP contribution < -0.4 is 0 Å². The first-order valence-electron chi connectivity index (χ1n) is 9.00. The van der Waals surface area contributed by atoms with Gasteiger partial charge in [0.2, 0.25) is 0 Å². The highest BCUT2D eigenvalue weighted by molar-refractivity contribution is 5.14. The molecule has 0 spiro atoms. The van der Waals surface area contributed by atoms with E-state index in [1.54, 1.807) is 0 Å². The van der Waals surface area contributed by atoms with Crippen LogP contribution in [-0.4, -0.2) is 19.0 Å². The molecular weight excluding hydrogens is 282 g/mol. The molecule has 23 heavy (non-hydrogen) atoms. The topological polar surface area (TPSA) is 16.4 Å². The van der Waals surface area contributed by atoms with Crippen molar-refractivity contribution in [2.24, 2.45) is 0 Å². The molecule has 2 heteroatoms. The quantitative estimate of drug-likeness (QED) is 0.512. The Bertz CT molecular complexity index is 530. The fourth-order valence-electron chi connectivity index (χ4n) is 2.93. The van der Waals surface area contributed by atoms with Crippen LogP contribution in [0.5, 0.6) is 0 Å². The maximum atomic E-state index is 5.85. The molecule has 0 radical (unpaired) electrons. The SMILES string of the molecule is CN(C)Cc1ccc(CCCCCCCCc2ccccc2)o1. The standard InChI is InChI=1S/C21H31NO/c1-22(2)18-21-17-16-20(23-21)15-11-6-4-3-5-8-12-19-13-9-7-10-14-19/h7,9-10,13-14,16-17H,3-6,8,11-12,15,18H2,1-2H3. The Morgan fingerprint density at radius 3 is 2.00 bits per heavy atom. The minimum atomic E-state index is 0.890. The minimum Gasteiger partial charge on any atom is -0.465 e. The highest BCUT2D eigenvalue weighted by Crippen LogP contribution is 2.14. The maximum Gasteiger partial charge on any atom is 0.118 e. The van der Waals surface area contributed by atoms with Crippen molar-refractivity contribution in [1.82, 2.24) is 4.90 Å². The molecule has 2 aromatic rings. The van der Waals surface area contributed by atoms with Crippen molar-refractivity contribution in [2.75, 3.05) is 14.1 Å². The van der Waals surface area contributed by atoms with Crippen LogP contribution in [0.1, 0.15) is 55.6 Å². The van der Waals surface area contributed by atoms with Crippen LogP contribution >= 0.6 is 0 Å². The van der Waals surface area contributed by atoms with Gasteiger partial charge in [-0.05, 0) is 51.1 Å². The van der Waals surface area contributed by atoms with E-state index in [0.717, 1.165) is 24.5 Å². The average Bonchev–Trinajstić information content (AvgIpc) is 2.97. The van der Waals surface area contributed by atoms with E-state index in [1.165, 1.54) is 50.5 Å². The largest absolute Gasteiger partial charge is 0.465 e. The zero-order valence-electron chi connectivity index (χ0n) is 14.8. The fraction of sp³-hybridized carbons (Fsp3) is 0.524. The third-order valence-electron chi connectivity index (χ3n) is 4.17. The molecule has 0 aliphatic rings. The summed E-state index contributed by atoms with van der Waals surface area (Å²) in [5.41, 5.74) is 1.47. The summed E-state index contributed by atoms with van der Waals surface area (Å²) in [5, 5.41) is 0. The molecule has 0 amide bonds. The molecule has 0 saturated heterocycles. The van der Waals surface area contributed by atoms with Crippen molar-refractivity contribution < 1.29 is 4.42 Å². The molecule has 0 saturated carbocycles.